The second-order valence-electron chi connectivity index (χ2n) is 5.10. The lowest BCUT2D eigenvalue weighted by molar-refractivity contribution is -0.125. The maximum absolute atomic E-state index is 11.3. The van der Waals surface area contributed by atoms with Crippen LogP contribution in [0.5, 0.6) is 11.5 Å². The summed E-state index contributed by atoms with van der Waals surface area (Å²) in [4.78, 5) is 25.8. The monoisotopic (exact) mass is 332 g/mol. The number of amides is 2. The second kappa shape index (κ2) is 10.1. The SMILES string of the molecule is C=CC(=O)N(C)CCOc1cccc(OCCN(C)C(=O)C=C)c1. The van der Waals surface area contributed by atoms with Crippen LogP contribution in [0.4, 0.5) is 0 Å². The molecule has 0 radical (unpaired) electrons. The van der Waals surface area contributed by atoms with Crippen molar-refractivity contribution in [2.45, 2.75) is 0 Å². The van der Waals surface area contributed by atoms with E-state index < -0.39 is 0 Å². The van der Waals surface area contributed by atoms with E-state index >= 15 is 0 Å². The Balaban J connectivity index is 2.40. The highest BCUT2D eigenvalue weighted by molar-refractivity contribution is 5.87. The maximum Gasteiger partial charge on any atom is 0.245 e. The molecule has 6 nitrogen and oxygen atoms in total. The van der Waals surface area contributed by atoms with Crippen LogP contribution in [0.3, 0.4) is 0 Å². The van der Waals surface area contributed by atoms with E-state index in [1.54, 1.807) is 20.2 Å². The molecular formula is C18H24N2O4. The normalized spacial score (nSPS) is 9.75. The molecule has 0 saturated heterocycles. The molecule has 6 heteroatoms. The fourth-order valence-electron chi connectivity index (χ4n) is 1.79. The van der Waals surface area contributed by atoms with E-state index in [0.29, 0.717) is 37.8 Å². The van der Waals surface area contributed by atoms with Gasteiger partial charge in [-0.2, -0.15) is 0 Å². The number of nitrogens with zero attached hydrogens (tertiary/aromatic N) is 2. The highest BCUT2D eigenvalue weighted by Gasteiger charge is 2.06. The lowest BCUT2D eigenvalue weighted by Crippen LogP contribution is -2.29. The van der Waals surface area contributed by atoms with Gasteiger partial charge in [0.15, 0.2) is 0 Å². The average molecular weight is 332 g/mol. The Morgan fingerprint density at radius 2 is 1.38 bits per heavy atom. The topological polar surface area (TPSA) is 59.1 Å². The first-order chi connectivity index (χ1) is 11.5. The van der Waals surface area contributed by atoms with Crippen molar-refractivity contribution in [3.63, 3.8) is 0 Å². The van der Waals surface area contributed by atoms with Crippen molar-refractivity contribution in [3.05, 3.63) is 49.6 Å². The van der Waals surface area contributed by atoms with Crippen molar-refractivity contribution < 1.29 is 19.1 Å². The summed E-state index contributed by atoms with van der Waals surface area (Å²) in [7, 11) is 3.38. The summed E-state index contributed by atoms with van der Waals surface area (Å²) in [6, 6.07) is 7.22. The molecule has 0 spiro atoms. The minimum Gasteiger partial charge on any atom is -0.492 e. The molecule has 0 fully saturated rings. The number of benzene rings is 1. The molecule has 0 heterocycles. The largest absolute Gasteiger partial charge is 0.492 e. The molecule has 130 valence electrons. The lowest BCUT2D eigenvalue weighted by Gasteiger charge is -2.16. The quantitative estimate of drug-likeness (QED) is 0.612. The zero-order valence-electron chi connectivity index (χ0n) is 14.2. The van der Waals surface area contributed by atoms with Gasteiger partial charge in [-0.05, 0) is 24.3 Å². The van der Waals surface area contributed by atoms with Crippen molar-refractivity contribution in [1.82, 2.24) is 9.80 Å². The summed E-state index contributed by atoms with van der Waals surface area (Å²) < 4.78 is 11.2. The fourth-order valence-corrected chi connectivity index (χ4v) is 1.79. The molecule has 1 aromatic rings. The molecule has 0 atom stereocenters. The lowest BCUT2D eigenvalue weighted by atomic mass is 10.3. The molecular weight excluding hydrogens is 308 g/mol. The Morgan fingerprint density at radius 3 is 1.75 bits per heavy atom. The summed E-state index contributed by atoms with van der Waals surface area (Å²) in [5.41, 5.74) is 0. The van der Waals surface area contributed by atoms with Crippen molar-refractivity contribution >= 4 is 11.8 Å². The molecule has 24 heavy (non-hydrogen) atoms. The van der Waals surface area contributed by atoms with Gasteiger partial charge in [0.25, 0.3) is 0 Å². The van der Waals surface area contributed by atoms with Crippen LogP contribution < -0.4 is 9.47 Å². The smallest absolute Gasteiger partial charge is 0.245 e. The minimum atomic E-state index is -0.145. The van der Waals surface area contributed by atoms with Gasteiger partial charge in [-0.25, -0.2) is 0 Å². The Bertz CT molecular complexity index is 539. The number of carbonyl (C=O) groups is 2. The third-order valence-electron chi connectivity index (χ3n) is 3.30. The highest BCUT2D eigenvalue weighted by atomic mass is 16.5. The number of carbonyl (C=O) groups excluding carboxylic acids is 2. The molecule has 0 N–H and O–H groups in total. The van der Waals surface area contributed by atoms with Gasteiger partial charge < -0.3 is 19.3 Å². The molecule has 0 bridgehead atoms. The van der Waals surface area contributed by atoms with E-state index in [0.717, 1.165) is 0 Å². The number of rotatable bonds is 10. The van der Waals surface area contributed by atoms with Crippen molar-refractivity contribution in [3.8, 4) is 11.5 Å². The standard InChI is InChI=1S/C18H24N2O4/c1-5-17(21)19(3)10-12-23-15-8-7-9-16(14-15)24-13-11-20(4)18(22)6-2/h5-9,14H,1-2,10-13H2,3-4H3. The maximum atomic E-state index is 11.3. The molecule has 2 amide bonds. The number of hydrogen-bond donors (Lipinski definition) is 0. The van der Waals surface area contributed by atoms with Gasteiger partial charge in [-0.15, -0.1) is 0 Å². The molecule has 0 aliphatic heterocycles. The van der Waals surface area contributed by atoms with Crippen molar-refractivity contribution in [2.24, 2.45) is 0 Å². The molecule has 1 rings (SSSR count). The third kappa shape index (κ3) is 6.56. The Hall–Kier alpha value is -2.76. The Kier molecular flexibility index (Phi) is 8.11. The third-order valence-corrected chi connectivity index (χ3v) is 3.30. The van der Waals surface area contributed by atoms with Gasteiger partial charge in [0.1, 0.15) is 24.7 Å². The van der Waals surface area contributed by atoms with E-state index in [9.17, 15) is 9.59 Å². The van der Waals surface area contributed by atoms with E-state index in [-0.39, 0.29) is 11.8 Å². The molecule has 0 aliphatic carbocycles. The average Bonchev–Trinajstić information content (AvgIpc) is 2.60. The van der Waals surface area contributed by atoms with Crippen LogP contribution in [0.2, 0.25) is 0 Å². The molecule has 0 unspecified atom stereocenters. The molecule has 0 saturated carbocycles. The Morgan fingerprint density at radius 1 is 0.958 bits per heavy atom. The summed E-state index contributed by atoms with van der Waals surface area (Å²) in [6.07, 6.45) is 2.53. The van der Waals surface area contributed by atoms with Crippen molar-refractivity contribution in [2.75, 3.05) is 40.4 Å². The van der Waals surface area contributed by atoms with Crippen LogP contribution >= 0.6 is 0 Å². The summed E-state index contributed by atoms with van der Waals surface area (Å²) in [6.45, 7) is 8.54. The summed E-state index contributed by atoms with van der Waals surface area (Å²) >= 11 is 0. The van der Waals surface area contributed by atoms with E-state index in [1.165, 1.54) is 22.0 Å². The zero-order chi connectivity index (χ0) is 17.9. The summed E-state index contributed by atoms with van der Waals surface area (Å²) in [5.74, 6) is 1.02. The van der Waals surface area contributed by atoms with Crippen LogP contribution in [-0.4, -0.2) is 62.0 Å². The molecule has 0 aliphatic rings. The van der Waals surface area contributed by atoms with Gasteiger partial charge in [0.05, 0.1) is 13.1 Å². The first-order valence-electron chi connectivity index (χ1n) is 7.58. The van der Waals surface area contributed by atoms with Crippen LogP contribution in [0.15, 0.2) is 49.6 Å². The van der Waals surface area contributed by atoms with E-state index in [2.05, 4.69) is 13.2 Å². The predicted octanol–water partition coefficient (Wildman–Crippen LogP) is 1.73. The van der Waals surface area contributed by atoms with Gasteiger partial charge in [0, 0.05) is 20.2 Å². The fraction of sp³-hybridized carbons (Fsp3) is 0.333. The second-order valence-corrected chi connectivity index (χ2v) is 5.10. The van der Waals surface area contributed by atoms with Gasteiger partial charge in [-0.1, -0.05) is 19.2 Å². The zero-order valence-corrected chi connectivity index (χ0v) is 14.2. The predicted molar refractivity (Wildman–Crippen MR) is 93.1 cm³/mol. The number of ether oxygens (including phenoxy) is 2. The van der Waals surface area contributed by atoms with Gasteiger partial charge in [0.2, 0.25) is 11.8 Å². The molecule has 0 aromatic heterocycles. The van der Waals surface area contributed by atoms with Crippen LogP contribution in [0, 0.1) is 0 Å². The Labute approximate surface area is 143 Å². The van der Waals surface area contributed by atoms with Crippen LogP contribution in [-0.2, 0) is 9.59 Å². The first-order valence-corrected chi connectivity index (χ1v) is 7.58. The number of hydrogen-bond acceptors (Lipinski definition) is 4. The first kappa shape index (κ1) is 19.3. The summed E-state index contributed by atoms with van der Waals surface area (Å²) in [5, 5.41) is 0. The van der Waals surface area contributed by atoms with Crippen LogP contribution in [0.25, 0.3) is 0 Å². The van der Waals surface area contributed by atoms with E-state index in [1.807, 2.05) is 18.2 Å². The molecule has 1 aromatic carbocycles. The minimum absolute atomic E-state index is 0.145. The van der Waals surface area contributed by atoms with E-state index in [4.69, 9.17) is 9.47 Å². The van der Waals surface area contributed by atoms with Gasteiger partial charge >= 0.3 is 0 Å². The van der Waals surface area contributed by atoms with Crippen molar-refractivity contribution in [1.29, 1.82) is 0 Å². The van der Waals surface area contributed by atoms with Gasteiger partial charge in [-0.3, -0.25) is 9.59 Å². The number of likely N-dealkylation sites (N-methyl/N-ethyl adjacent to an activating group) is 2. The van der Waals surface area contributed by atoms with Crippen LogP contribution in [0.1, 0.15) is 0 Å². The highest BCUT2D eigenvalue weighted by Crippen LogP contribution is 2.19.